The number of hydrazone groups is 1. The van der Waals surface area contributed by atoms with Crippen molar-refractivity contribution in [2.24, 2.45) is 5.10 Å². The maximum absolute atomic E-state index is 11.8. The second kappa shape index (κ2) is 8.70. The lowest BCUT2D eigenvalue weighted by Gasteiger charge is -2.09. The molecule has 0 saturated heterocycles. The summed E-state index contributed by atoms with van der Waals surface area (Å²) in [4.78, 5) is 11.8. The van der Waals surface area contributed by atoms with Crippen LogP contribution in [0.25, 0.3) is 0 Å². The number of amides is 1. The summed E-state index contributed by atoms with van der Waals surface area (Å²) < 4.78 is 6.52. The minimum Gasteiger partial charge on any atom is -0.483 e. The number of hydrogen-bond donors (Lipinski definition) is 1. The van der Waals surface area contributed by atoms with Crippen molar-refractivity contribution in [2.75, 3.05) is 6.61 Å². The Bertz CT molecular complexity index is 719. The van der Waals surface area contributed by atoms with Crippen molar-refractivity contribution < 1.29 is 9.53 Å². The SMILES string of the molecule is CCc1cc(Br)ccc1OCC(=O)N/N=C/c1cccc(Cl)c1. The lowest BCUT2D eigenvalue weighted by molar-refractivity contribution is -0.123. The van der Waals surface area contributed by atoms with E-state index in [0.29, 0.717) is 10.8 Å². The van der Waals surface area contributed by atoms with Crippen molar-refractivity contribution >= 4 is 39.7 Å². The predicted octanol–water partition coefficient (Wildman–Crippen LogP) is 4.19. The standard InChI is InChI=1S/C17H16BrClN2O2/c1-2-13-9-14(18)6-7-16(13)23-11-17(22)21-20-10-12-4-3-5-15(19)8-12/h3-10H,2,11H2,1H3,(H,21,22)/b20-10+. The monoisotopic (exact) mass is 394 g/mol. The largest absolute Gasteiger partial charge is 0.483 e. The summed E-state index contributed by atoms with van der Waals surface area (Å²) in [5.74, 6) is 0.373. The molecule has 23 heavy (non-hydrogen) atoms. The number of aryl methyl sites for hydroxylation is 1. The molecule has 0 heterocycles. The Morgan fingerprint density at radius 2 is 2.17 bits per heavy atom. The first-order valence-corrected chi connectivity index (χ1v) is 8.24. The smallest absolute Gasteiger partial charge is 0.277 e. The lowest BCUT2D eigenvalue weighted by Crippen LogP contribution is -2.24. The molecule has 0 saturated carbocycles. The van der Waals surface area contributed by atoms with Gasteiger partial charge in [-0.15, -0.1) is 0 Å². The maximum atomic E-state index is 11.8. The molecule has 2 aromatic rings. The summed E-state index contributed by atoms with van der Waals surface area (Å²) in [5.41, 5.74) is 4.27. The van der Waals surface area contributed by atoms with Gasteiger partial charge in [-0.3, -0.25) is 4.79 Å². The van der Waals surface area contributed by atoms with Gasteiger partial charge < -0.3 is 4.74 Å². The average Bonchev–Trinajstić information content (AvgIpc) is 2.53. The molecule has 2 rings (SSSR count). The molecule has 0 spiro atoms. The van der Waals surface area contributed by atoms with Gasteiger partial charge in [0.1, 0.15) is 5.75 Å². The molecule has 0 unspecified atom stereocenters. The van der Waals surface area contributed by atoms with Crippen LogP contribution in [0, 0.1) is 0 Å². The third-order valence-corrected chi connectivity index (χ3v) is 3.74. The Kier molecular flexibility index (Phi) is 6.62. The number of nitrogens with zero attached hydrogens (tertiary/aromatic N) is 1. The van der Waals surface area contributed by atoms with Gasteiger partial charge in [-0.2, -0.15) is 5.10 Å². The highest BCUT2D eigenvalue weighted by molar-refractivity contribution is 9.10. The van der Waals surface area contributed by atoms with Crippen molar-refractivity contribution in [2.45, 2.75) is 13.3 Å². The molecule has 0 aliphatic heterocycles. The Hall–Kier alpha value is -1.85. The van der Waals surface area contributed by atoms with Crippen LogP contribution in [0.4, 0.5) is 0 Å². The van der Waals surface area contributed by atoms with Gasteiger partial charge in [0, 0.05) is 9.50 Å². The van der Waals surface area contributed by atoms with Gasteiger partial charge >= 0.3 is 0 Å². The molecule has 0 aromatic heterocycles. The number of hydrogen-bond acceptors (Lipinski definition) is 3. The van der Waals surface area contributed by atoms with Crippen LogP contribution < -0.4 is 10.2 Å². The fourth-order valence-electron chi connectivity index (χ4n) is 1.91. The van der Waals surface area contributed by atoms with Crippen LogP contribution in [0.1, 0.15) is 18.1 Å². The minimum absolute atomic E-state index is 0.0957. The summed E-state index contributed by atoms with van der Waals surface area (Å²) >= 11 is 9.29. The first-order valence-electron chi connectivity index (χ1n) is 7.07. The van der Waals surface area contributed by atoms with Crippen molar-refractivity contribution in [3.05, 3.63) is 63.1 Å². The number of carbonyl (C=O) groups excluding carboxylic acids is 1. The topological polar surface area (TPSA) is 50.7 Å². The molecule has 1 N–H and O–H groups in total. The van der Waals surface area contributed by atoms with Crippen LogP contribution in [0.2, 0.25) is 5.02 Å². The number of nitrogens with one attached hydrogen (secondary N) is 1. The summed E-state index contributed by atoms with van der Waals surface area (Å²) in [7, 11) is 0. The van der Waals surface area contributed by atoms with E-state index in [0.717, 1.165) is 22.0 Å². The van der Waals surface area contributed by atoms with E-state index < -0.39 is 0 Å². The summed E-state index contributed by atoms with van der Waals surface area (Å²) in [5, 5.41) is 4.50. The summed E-state index contributed by atoms with van der Waals surface area (Å²) in [6.07, 6.45) is 2.35. The maximum Gasteiger partial charge on any atom is 0.277 e. The second-order valence-corrected chi connectivity index (χ2v) is 6.09. The number of rotatable bonds is 6. The molecular formula is C17H16BrClN2O2. The zero-order valence-electron chi connectivity index (χ0n) is 12.6. The van der Waals surface area contributed by atoms with E-state index in [1.807, 2.05) is 37.3 Å². The van der Waals surface area contributed by atoms with Crippen LogP contribution in [0.5, 0.6) is 5.75 Å². The van der Waals surface area contributed by atoms with E-state index in [9.17, 15) is 4.79 Å². The molecule has 0 aliphatic carbocycles. The molecule has 6 heteroatoms. The molecule has 0 fully saturated rings. The third kappa shape index (κ3) is 5.69. The fourth-order valence-corrected chi connectivity index (χ4v) is 2.51. The van der Waals surface area contributed by atoms with Crippen LogP contribution in [0.15, 0.2) is 52.0 Å². The normalized spacial score (nSPS) is 10.7. The zero-order valence-corrected chi connectivity index (χ0v) is 14.9. The van der Waals surface area contributed by atoms with Crippen molar-refractivity contribution in [3.63, 3.8) is 0 Å². The quantitative estimate of drug-likeness (QED) is 0.589. The number of ether oxygens (including phenoxy) is 1. The third-order valence-electron chi connectivity index (χ3n) is 3.01. The molecular weight excluding hydrogens is 380 g/mol. The minimum atomic E-state index is -0.326. The predicted molar refractivity (Wildman–Crippen MR) is 96.2 cm³/mol. The van der Waals surface area contributed by atoms with E-state index >= 15 is 0 Å². The molecule has 0 aliphatic rings. The zero-order chi connectivity index (χ0) is 16.7. The number of benzene rings is 2. The Morgan fingerprint density at radius 3 is 2.91 bits per heavy atom. The second-order valence-electron chi connectivity index (χ2n) is 4.74. The summed E-state index contributed by atoms with van der Waals surface area (Å²) in [6, 6.07) is 12.9. The van der Waals surface area contributed by atoms with E-state index in [2.05, 4.69) is 26.5 Å². The highest BCUT2D eigenvalue weighted by atomic mass is 79.9. The first kappa shape index (κ1) is 17.5. The molecule has 4 nitrogen and oxygen atoms in total. The van der Waals surface area contributed by atoms with Gasteiger partial charge in [0.25, 0.3) is 5.91 Å². The van der Waals surface area contributed by atoms with Crippen molar-refractivity contribution in [1.29, 1.82) is 0 Å². The van der Waals surface area contributed by atoms with Gasteiger partial charge in [0.05, 0.1) is 6.21 Å². The highest BCUT2D eigenvalue weighted by Gasteiger charge is 2.06. The molecule has 120 valence electrons. The van der Waals surface area contributed by atoms with Crippen molar-refractivity contribution in [1.82, 2.24) is 5.43 Å². The van der Waals surface area contributed by atoms with E-state index in [1.54, 1.807) is 12.1 Å². The van der Waals surface area contributed by atoms with Gasteiger partial charge in [-0.25, -0.2) is 5.43 Å². The van der Waals surface area contributed by atoms with Gasteiger partial charge in [0.2, 0.25) is 0 Å². The van der Waals surface area contributed by atoms with Crippen LogP contribution >= 0.6 is 27.5 Å². The average molecular weight is 396 g/mol. The van der Waals surface area contributed by atoms with E-state index in [4.69, 9.17) is 16.3 Å². The Morgan fingerprint density at radius 1 is 1.35 bits per heavy atom. The van der Waals surface area contributed by atoms with Crippen LogP contribution in [-0.2, 0) is 11.2 Å². The molecule has 1 amide bonds. The van der Waals surface area contributed by atoms with Crippen molar-refractivity contribution in [3.8, 4) is 5.75 Å². The molecule has 2 aromatic carbocycles. The molecule has 0 radical (unpaired) electrons. The Balaban J connectivity index is 1.86. The van der Waals surface area contributed by atoms with Gasteiger partial charge in [-0.05, 0) is 47.9 Å². The number of carbonyl (C=O) groups is 1. The van der Waals surface area contributed by atoms with Gasteiger partial charge in [0.15, 0.2) is 6.61 Å². The number of halogens is 2. The fraction of sp³-hybridized carbons (Fsp3) is 0.176. The Labute approximate surface area is 148 Å². The van der Waals surface area contributed by atoms with Gasteiger partial charge in [-0.1, -0.05) is 46.6 Å². The first-order chi connectivity index (χ1) is 11.1. The highest BCUT2D eigenvalue weighted by Crippen LogP contribution is 2.23. The van der Waals surface area contributed by atoms with E-state index in [-0.39, 0.29) is 12.5 Å². The molecule has 0 bridgehead atoms. The van der Waals surface area contributed by atoms with E-state index in [1.165, 1.54) is 6.21 Å². The lowest BCUT2D eigenvalue weighted by atomic mass is 10.1. The van der Waals surface area contributed by atoms with Crippen LogP contribution in [0.3, 0.4) is 0 Å². The van der Waals surface area contributed by atoms with Crippen LogP contribution in [-0.4, -0.2) is 18.7 Å². The summed E-state index contributed by atoms with van der Waals surface area (Å²) in [6.45, 7) is 1.94. The molecule has 0 atom stereocenters.